The first-order chi connectivity index (χ1) is 8.65. The molecule has 0 fully saturated rings. The van der Waals surface area contributed by atoms with Crippen molar-refractivity contribution in [2.75, 3.05) is 5.73 Å². The minimum absolute atomic E-state index is 0.101. The predicted octanol–water partition coefficient (Wildman–Crippen LogP) is 0.692. The Morgan fingerprint density at radius 1 is 1.33 bits per heavy atom. The van der Waals surface area contributed by atoms with E-state index in [1.165, 1.54) is 0 Å². The molecule has 18 heavy (non-hydrogen) atoms. The summed E-state index contributed by atoms with van der Waals surface area (Å²) < 4.78 is 0. The maximum atomic E-state index is 11.8. The minimum Gasteiger partial charge on any atom is -0.368 e. The highest BCUT2D eigenvalue weighted by atomic mass is 16.1. The summed E-state index contributed by atoms with van der Waals surface area (Å²) in [6, 6.07) is 5.26. The summed E-state index contributed by atoms with van der Waals surface area (Å²) in [6.45, 7) is 2.18. The Bertz CT molecular complexity index is 535. The van der Waals surface area contributed by atoms with Crippen LogP contribution >= 0.6 is 0 Å². The molecule has 2 rings (SSSR count). The predicted molar refractivity (Wildman–Crippen MR) is 66.6 cm³/mol. The Labute approximate surface area is 104 Å². The number of nitrogens with one attached hydrogen (secondary N) is 1. The molecule has 0 saturated carbocycles. The van der Waals surface area contributed by atoms with E-state index < -0.39 is 0 Å². The molecule has 0 unspecified atom stereocenters. The molecule has 6 nitrogen and oxygen atoms in total. The molecule has 0 atom stereocenters. The topological polar surface area (TPSA) is 93.8 Å². The third kappa shape index (κ3) is 3.00. The molecular weight excluding hydrogens is 230 g/mol. The third-order valence-electron chi connectivity index (χ3n) is 2.31. The van der Waals surface area contributed by atoms with Gasteiger partial charge in [0.05, 0.1) is 0 Å². The molecule has 2 heterocycles. The van der Waals surface area contributed by atoms with Gasteiger partial charge in [0.15, 0.2) is 0 Å². The molecule has 0 bridgehead atoms. The van der Waals surface area contributed by atoms with E-state index in [0.29, 0.717) is 12.2 Å². The summed E-state index contributed by atoms with van der Waals surface area (Å²) in [4.78, 5) is 23.6. The molecule has 1 amide bonds. The van der Waals surface area contributed by atoms with Crippen LogP contribution in [-0.2, 0) is 6.54 Å². The lowest BCUT2D eigenvalue weighted by atomic mass is 10.2. The largest absolute Gasteiger partial charge is 0.368 e. The van der Waals surface area contributed by atoms with E-state index in [1.54, 1.807) is 25.4 Å². The molecule has 0 spiro atoms. The summed E-state index contributed by atoms with van der Waals surface area (Å²) in [5, 5.41) is 2.76. The van der Waals surface area contributed by atoms with Crippen molar-refractivity contribution in [3.05, 3.63) is 47.5 Å². The minimum atomic E-state index is -0.274. The fourth-order valence-electron chi connectivity index (χ4n) is 1.48. The summed E-state index contributed by atoms with van der Waals surface area (Å²) in [5.74, 6) is -0.173. The van der Waals surface area contributed by atoms with Crippen LogP contribution in [0.1, 0.15) is 21.7 Å². The number of aryl methyl sites for hydroxylation is 1. The molecule has 0 aliphatic carbocycles. The van der Waals surface area contributed by atoms with E-state index in [1.807, 2.05) is 12.1 Å². The number of nitrogen functional groups attached to an aromatic ring is 1. The van der Waals surface area contributed by atoms with Gasteiger partial charge in [0.25, 0.3) is 5.91 Å². The highest BCUT2D eigenvalue weighted by Gasteiger charge is 2.08. The van der Waals surface area contributed by atoms with Gasteiger partial charge in [-0.15, -0.1) is 0 Å². The van der Waals surface area contributed by atoms with Crippen molar-refractivity contribution >= 4 is 11.9 Å². The van der Waals surface area contributed by atoms with Crippen LogP contribution in [0.2, 0.25) is 0 Å². The summed E-state index contributed by atoms with van der Waals surface area (Å²) in [6.07, 6.45) is 3.35. The van der Waals surface area contributed by atoms with Crippen LogP contribution in [0.5, 0.6) is 0 Å². The molecule has 0 radical (unpaired) electrons. The number of nitrogens with two attached hydrogens (primary N) is 1. The second-order valence-corrected chi connectivity index (χ2v) is 3.79. The number of rotatable bonds is 3. The van der Waals surface area contributed by atoms with Crippen molar-refractivity contribution < 1.29 is 4.79 Å². The molecule has 6 heteroatoms. The lowest BCUT2D eigenvalue weighted by molar-refractivity contribution is 0.0945. The second kappa shape index (κ2) is 5.22. The second-order valence-electron chi connectivity index (χ2n) is 3.79. The van der Waals surface area contributed by atoms with Crippen LogP contribution in [0.4, 0.5) is 5.95 Å². The van der Waals surface area contributed by atoms with Gasteiger partial charge in [0.1, 0.15) is 5.69 Å². The average molecular weight is 243 g/mol. The van der Waals surface area contributed by atoms with Gasteiger partial charge >= 0.3 is 0 Å². The first kappa shape index (κ1) is 12.0. The van der Waals surface area contributed by atoms with E-state index >= 15 is 0 Å². The Morgan fingerprint density at radius 3 is 2.72 bits per heavy atom. The van der Waals surface area contributed by atoms with Crippen molar-refractivity contribution in [3.8, 4) is 0 Å². The molecule has 0 aromatic carbocycles. The molecular formula is C12H13N5O. The molecule has 3 N–H and O–H groups in total. The Hall–Kier alpha value is -2.50. The quantitative estimate of drug-likeness (QED) is 0.827. The fourth-order valence-corrected chi connectivity index (χ4v) is 1.48. The number of aromatic nitrogens is 3. The summed E-state index contributed by atoms with van der Waals surface area (Å²) in [7, 11) is 0. The summed E-state index contributed by atoms with van der Waals surface area (Å²) in [5.41, 5.74) is 7.40. The van der Waals surface area contributed by atoms with Crippen LogP contribution in [0.15, 0.2) is 30.6 Å². The highest BCUT2D eigenvalue weighted by molar-refractivity contribution is 5.92. The van der Waals surface area contributed by atoms with Gasteiger partial charge in [-0.25, -0.2) is 9.97 Å². The number of hydrogen-bond acceptors (Lipinski definition) is 5. The van der Waals surface area contributed by atoms with E-state index in [2.05, 4.69) is 20.3 Å². The number of carbonyl (C=O) groups excluding carboxylic acids is 1. The monoisotopic (exact) mass is 243 g/mol. The molecule has 0 saturated heterocycles. The van der Waals surface area contributed by atoms with Gasteiger partial charge in [-0.3, -0.25) is 9.78 Å². The van der Waals surface area contributed by atoms with Gasteiger partial charge in [-0.05, 0) is 30.7 Å². The molecule has 2 aromatic heterocycles. The number of nitrogens with zero attached hydrogens (tertiary/aromatic N) is 3. The first-order valence-electron chi connectivity index (χ1n) is 5.43. The lowest BCUT2D eigenvalue weighted by Gasteiger charge is -2.05. The smallest absolute Gasteiger partial charge is 0.270 e. The Morgan fingerprint density at radius 2 is 2.06 bits per heavy atom. The standard InChI is InChI=1S/C12H13N5O/c1-8-6-10(17-12(13)16-8)11(18)15-7-9-2-4-14-5-3-9/h2-6H,7H2,1H3,(H,15,18)(H2,13,16,17). The Balaban J connectivity index is 2.04. The van der Waals surface area contributed by atoms with E-state index in [9.17, 15) is 4.79 Å². The maximum absolute atomic E-state index is 11.8. The Kier molecular flexibility index (Phi) is 3.47. The van der Waals surface area contributed by atoms with Crippen LogP contribution in [0, 0.1) is 6.92 Å². The van der Waals surface area contributed by atoms with Crippen LogP contribution in [-0.4, -0.2) is 20.9 Å². The average Bonchev–Trinajstić information content (AvgIpc) is 2.36. The van der Waals surface area contributed by atoms with Crippen LogP contribution < -0.4 is 11.1 Å². The van der Waals surface area contributed by atoms with Gasteiger partial charge in [-0.1, -0.05) is 0 Å². The van der Waals surface area contributed by atoms with Crippen molar-refractivity contribution in [1.82, 2.24) is 20.3 Å². The molecule has 0 aliphatic rings. The SMILES string of the molecule is Cc1cc(C(=O)NCc2ccncc2)nc(N)n1. The molecule has 92 valence electrons. The van der Waals surface area contributed by atoms with Gasteiger partial charge < -0.3 is 11.1 Å². The zero-order chi connectivity index (χ0) is 13.0. The van der Waals surface area contributed by atoms with Crippen molar-refractivity contribution in [2.24, 2.45) is 0 Å². The lowest BCUT2D eigenvalue weighted by Crippen LogP contribution is -2.24. The zero-order valence-corrected chi connectivity index (χ0v) is 9.92. The van der Waals surface area contributed by atoms with E-state index in [0.717, 1.165) is 5.56 Å². The van der Waals surface area contributed by atoms with Gasteiger partial charge in [0, 0.05) is 24.6 Å². The van der Waals surface area contributed by atoms with E-state index in [-0.39, 0.29) is 17.5 Å². The number of amides is 1. The summed E-state index contributed by atoms with van der Waals surface area (Å²) >= 11 is 0. The first-order valence-corrected chi connectivity index (χ1v) is 5.43. The number of hydrogen-bond donors (Lipinski definition) is 2. The number of carbonyl (C=O) groups is 1. The third-order valence-corrected chi connectivity index (χ3v) is 2.31. The van der Waals surface area contributed by atoms with Crippen LogP contribution in [0.25, 0.3) is 0 Å². The number of pyridine rings is 1. The maximum Gasteiger partial charge on any atom is 0.270 e. The highest BCUT2D eigenvalue weighted by Crippen LogP contribution is 2.02. The van der Waals surface area contributed by atoms with Gasteiger partial charge in [-0.2, -0.15) is 0 Å². The van der Waals surface area contributed by atoms with Crippen molar-refractivity contribution in [1.29, 1.82) is 0 Å². The molecule has 2 aromatic rings. The zero-order valence-electron chi connectivity index (χ0n) is 9.92. The van der Waals surface area contributed by atoms with Crippen molar-refractivity contribution in [3.63, 3.8) is 0 Å². The normalized spacial score (nSPS) is 10.1. The number of anilines is 1. The van der Waals surface area contributed by atoms with E-state index in [4.69, 9.17) is 5.73 Å². The van der Waals surface area contributed by atoms with Crippen molar-refractivity contribution in [2.45, 2.75) is 13.5 Å². The fraction of sp³-hybridized carbons (Fsp3) is 0.167. The van der Waals surface area contributed by atoms with Gasteiger partial charge in [0.2, 0.25) is 5.95 Å². The van der Waals surface area contributed by atoms with Crippen LogP contribution in [0.3, 0.4) is 0 Å². The molecule has 0 aliphatic heterocycles.